The van der Waals surface area contributed by atoms with Crippen molar-refractivity contribution in [3.8, 4) is 84.2 Å². The van der Waals surface area contributed by atoms with E-state index in [-0.39, 0.29) is 5.41 Å². The number of hydrogen-bond donors (Lipinski definition) is 0. The Hall–Kier alpha value is -7.48. The fraction of sp³-hybridized carbons (Fsp3) is 0.138. The van der Waals surface area contributed by atoms with E-state index in [0.29, 0.717) is 0 Å². The van der Waals surface area contributed by atoms with Crippen LogP contribution in [0.25, 0.3) is 83.7 Å². The van der Waals surface area contributed by atoms with Crippen LogP contribution in [0.1, 0.15) is 67.5 Å². The van der Waals surface area contributed by atoms with Crippen LogP contribution in [0.15, 0.2) is 182 Å². The molecule has 4 heteroatoms. The van der Waals surface area contributed by atoms with Crippen LogP contribution in [0.5, 0.6) is 0 Å². The molecule has 1 spiro atoms. The van der Waals surface area contributed by atoms with E-state index in [1.807, 2.05) is 18.3 Å². The molecule has 2 heterocycles. The van der Waals surface area contributed by atoms with Crippen LogP contribution in [0.3, 0.4) is 0 Å². The van der Waals surface area contributed by atoms with Gasteiger partial charge in [0.1, 0.15) is 0 Å². The number of hydrogen-bond acceptors (Lipinski definition) is 4. The molecule has 0 N–H and O–H groups in total. The molecule has 6 aromatic carbocycles. The number of rotatable bonds is 7. The smallest absolute Gasteiger partial charge is 0.156 e. The molecule has 0 atom stereocenters. The lowest BCUT2D eigenvalue weighted by atomic mass is 9.67. The quantitative estimate of drug-likeness (QED) is 0.161. The Morgan fingerprint density at radius 2 is 1.11 bits per heavy atom. The lowest BCUT2D eigenvalue weighted by Gasteiger charge is -2.36. The normalized spacial score (nSPS) is 14.8. The van der Waals surface area contributed by atoms with Gasteiger partial charge in [0.15, 0.2) is 5.82 Å². The predicted molar refractivity (Wildman–Crippen MR) is 253 cm³/mol. The highest BCUT2D eigenvalue weighted by Crippen LogP contribution is 2.58. The van der Waals surface area contributed by atoms with Crippen molar-refractivity contribution in [2.24, 2.45) is 0 Å². The second kappa shape index (κ2) is 15.8. The van der Waals surface area contributed by atoms with Gasteiger partial charge in [0.2, 0.25) is 0 Å². The van der Waals surface area contributed by atoms with E-state index in [0.717, 1.165) is 81.8 Å². The number of fused-ring (bicyclic) bond motifs is 5. The molecule has 62 heavy (non-hydrogen) atoms. The zero-order valence-electron chi connectivity index (χ0n) is 34.6. The third-order valence-corrected chi connectivity index (χ3v) is 13.4. The first kappa shape index (κ1) is 37.5. The SMILES string of the molecule is N#Cc1ccc2c(c1)C1(CCCCC1)c1cccc(-c3ccc(-c4ccc(-c5ccc(-c6cc(-c7ccc(-c8cccnc8)cc7)nc(C7=CC=CCC7)n6)cc5)cc4)cc3)c1-2. The van der Waals surface area contributed by atoms with E-state index < -0.39 is 0 Å². The predicted octanol–water partition coefficient (Wildman–Crippen LogP) is 14.7. The van der Waals surface area contributed by atoms with Crippen molar-refractivity contribution in [3.63, 3.8) is 0 Å². The number of benzene rings is 6. The molecule has 2 aromatic heterocycles. The maximum absolute atomic E-state index is 9.80. The van der Waals surface area contributed by atoms with Gasteiger partial charge in [-0.3, -0.25) is 4.98 Å². The van der Waals surface area contributed by atoms with Crippen molar-refractivity contribution in [1.29, 1.82) is 5.26 Å². The summed E-state index contributed by atoms with van der Waals surface area (Å²) in [6.07, 6.45) is 18.1. The summed E-state index contributed by atoms with van der Waals surface area (Å²) < 4.78 is 0. The van der Waals surface area contributed by atoms with Gasteiger partial charge in [0.25, 0.3) is 0 Å². The summed E-state index contributed by atoms with van der Waals surface area (Å²) in [4.78, 5) is 14.5. The topological polar surface area (TPSA) is 62.5 Å². The molecule has 296 valence electrons. The molecule has 3 aliphatic carbocycles. The molecular formula is C58H44N4. The first-order valence-electron chi connectivity index (χ1n) is 21.9. The largest absolute Gasteiger partial charge is 0.264 e. The molecule has 0 saturated heterocycles. The van der Waals surface area contributed by atoms with Crippen LogP contribution in [0.2, 0.25) is 0 Å². The lowest BCUT2D eigenvalue weighted by Crippen LogP contribution is -2.28. The Balaban J connectivity index is 0.852. The van der Waals surface area contributed by atoms with Gasteiger partial charge in [-0.25, -0.2) is 9.97 Å². The van der Waals surface area contributed by atoms with Crippen molar-refractivity contribution >= 4 is 5.57 Å². The van der Waals surface area contributed by atoms with E-state index in [1.54, 1.807) is 6.20 Å². The zero-order chi connectivity index (χ0) is 41.5. The van der Waals surface area contributed by atoms with Gasteiger partial charge in [-0.05, 0) is 122 Å². The van der Waals surface area contributed by atoms with Crippen LogP contribution >= 0.6 is 0 Å². The second-order valence-electron chi connectivity index (χ2n) is 16.9. The number of aromatic nitrogens is 3. The van der Waals surface area contributed by atoms with Gasteiger partial charge in [-0.1, -0.05) is 165 Å². The van der Waals surface area contributed by atoms with Crippen molar-refractivity contribution in [2.45, 2.75) is 50.4 Å². The van der Waals surface area contributed by atoms with Crippen LogP contribution < -0.4 is 0 Å². The van der Waals surface area contributed by atoms with Crippen molar-refractivity contribution < 1.29 is 0 Å². The fourth-order valence-corrected chi connectivity index (χ4v) is 10.1. The Morgan fingerprint density at radius 3 is 1.68 bits per heavy atom. The minimum atomic E-state index is 0.0103. The van der Waals surface area contributed by atoms with Crippen molar-refractivity contribution in [1.82, 2.24) is 15.0 Å². The maximum atomic E-state index is 9.80. The van der Waals surface area contributed by atoms with Gasteiger partial charge >= 0.3 is 0 Å². The number of allylic oxidation sites excluding steroid dienone is 4. The highest BCUT2D eigenvalue weighted by atomic mass is 14.9. The summed E-state index contributed by atoms with van der Waals surface area (Å²) >= 11 is 0. The maximum Gasteiger partial charge on any atom is 0.156 e. The third-order valence-electron chi connectivity index (χ3n) is 13.4. The van der Waals surface area contributed by atoms with Gasteiger partial charge < -0.3 is 0 Å². The Kier molecular flexibility index (Phi) is 9.59. The summed E-state index contributed by atoms with van der Waals surface area (Å²) in [7, 11) is 0. The standard InChI is InChI=1S/C58H44N4/c59-37-39-14-31-51-53(35-39)58(32-5-2-6-33-58)52-13-7-12-50(56(51)52)45-25-19-42(20-26-45)40-15-17-41(18-16-40)43-21-27-46(28-22-43)54-36-55(62-57(61-54)48-9-3-1-4-10-48)47-29-23-44(24-30-47)49-11-8-34-60-38-49/h1,3,7-9,11-31,34-36,38H,2,4-6,10,32-33H2. The number of nitrogens with zero attached hydrogens (tertiary/aromatic N) is 4. The summed E-state index contributed by atoms with van der Waals surface area (Å²) in [5, 5.41) is 9.80. The Morgan fingerprint density at radius 1 is 0.516 bits per heavy atom. The lowest BCUT2D eigenvalue weighted by molar-refractivity contribution is 0.353. The second-order valence-corrected chi connectivity index (χ2v) is 16.9. The summed E-state index contributed by atoms with van der Waals surface area (Å²) in [6, 6.07) is 57.0. The molecule has 0 radical (unpaired) electrons. The minimum Gasteiger partial charge on any atom is -0.264 e. The highest BCUT2D eigenvalue weighted by molar-refractivity contribution is 5.93. The van der Waals surface area contributed by atoms with E-state index in [2.05, 4.69) is 169 Å². The number of pyridine rings is 1. The third kappa shape index (κ3) is 6.77. The monoisotopic (exact) mass is 796 g/mol. The molecule has 1 saturated carbocycles. The highest BCUT2D eigenvalue weighted by Gasteiger charge is 2.44. The van der Waals surface area contributed by atoms with Crippen molar-refractivity contribution in [3.05, 3.63) is 205 Å². The summed E-state index contributed by atoms with van der Waals surface area (Å²) in [5.74, 6) is 0.784. The molecule has 0 aliphatic heterocycles. The van der Waals surface area contributed by atoms with Crippen LogP contribution in [-0.2, 0) is 5.41 Å². The Labute approximate surface area is 363 Å². The van der Waals surface area contributed by atoms with E-state index in [4.69, 9.17) is 9.97 Å². The Bertz CT molecular complexity index is 3050. The first-order chi connectivity index (χ1) is 30.6. The molecule has 3 aliphatic rings. The average Bonchev–Trinajstić information content (AvgIpc) is 3.62. The van der Waals surface area contributed by atoms with Gasteiger partial charge in [0.05, 0.1) is 23.0 Å². The molecule has 8 aromatic rings. The molecule has 0 amide bonds. The van der Waals surface area contributed by atoms with E-state index in [1.165, 1.54) is 69.3 Å². The molecular weight excluding hydrogens is 753 g/mol. The van der Waals surface area contributed by atoms with E-state index >= 15 is 0 Å². The minimum absolute atomic E-state index is 0.0103. The molecule has 0 unspecified atom stereocenters. The van der Waals surface area contributed by atoms with E-state index in [9.17, 15) is 5.26 Å². The summed E-state index contributed by atoms with van der Waals surface area (Å²) in [5.41, 5.74) is 20.7. The van der Waals surface area contributed by atoms with Crippen LogP contribution in [0, 0.1) is 11.3 Å². The average molecular weight is 797 g/mol. The molecule has 0 bridgehead atoms. The number of nitriles is 1. The van der Waals surface area contributed by atoms with Crippen molar-refractivity contribution in [2.75, 3.05) is 0 Å². The molecule has 1 fully saturated rings. The summed E-state index contributed by atoms with van der Waals surface area (Å²) in [6.45, 7) is 0. The van der Waals surface area contributed by atoms with Gasteiger partial charge in [-0.2, -0.15) is 5.26 Å². The van der Waals surface area contributed by atoms with Gasteiger partial charge in [0, 0.05) is 28.9 Å². The first-order valence-corrected chi connectivity index (χ1v) is 21.9. The fourth-order valence-electron chi connectivity index (χ4n) is 10.1. The zero-order valence-corrected chi connectivity index (χ0v) is 34.6. The molecule has 11 rings (SSSR count). The van der Waals surface area contributed by atoms with Crippen LogP contribution in [-0.4, -0.2) is 15.0 Å². The molecule has 4 nitrogen and oxygen atoms in total. The van der Waals surface area contributed by atoms with Crippen LogP contribution in [0.4, 0.5) is 0 Å². The van der Waals surface area contributed by atoms with Gasteiger partial charge in [-0.15, -0.1) is 0 Å².